The number of benzene rings is 1. The number of primary amides is 1. The Bertz CT molecular complexity index is 636. The summed E-state index contributed by atoms with van der Waals surface area (Å²) in [5.41, 5.74) is 6.32. The van der Waals surface area contributed by atoms with E-state index in [1.54, 1.807) is 31.4 Å². The van der Waals surface area contributed by atoms with E-state index in [-0.39, 0.29) is 5.69 Å². The fourth-order valence-corrected chi connectivity index (χ4v) is 1.69. The summed E-state index contributed by atoms with van der Waals surface area (Å²) < 4.78 is 10.7. The number of H-pyrrole nitrogens is 1. The number of hydrogen-bond donors (Lipinski definition) is 2. The van der Waals surface area contributed by atoms with Crippen LogP contribution in [0.15, 0.2) is 30.9 Å². The molecule has 0 unspecified atom stereocenters. The third kappa shape index (κ3) is 2.61. The number of carbonyl (C=O) groups is 1. The van der Waals surface area contributed by atoms with Gasteiger partial charge in [-0.1, -0.05) is 12.7 Å². The second-order valence-electron chi connectivity index (χ2n) is 3.85. The van der Waals surface area contributed by atoms with Gasteiger partial charge in [0.1, 0.15) is 12.3 Å². The maximum absolute atomic E-state index is 11.3. The second-order valence-corrected chi connectivity index (χ2v) is 3.85. The van der Waals surface area contributed by atoms with Crippen molar-refractivity contribution in [2.24, 2.45) is 5.73 Å². The molecular weight excluding hydrogens is 260 g/mol. The predicted octanol–water partition coefficient (Wildman–Crippen LogP) is 1.14. The smallest absolute Gasteiger partial charge is 0.271 e. The van der Waals surface area contributed by atoms with Gasteiger partial charge in [0, 0.05) is 5.56 Å². The average Bonchev–Trinajstić information content (AvgIpc) is 2.94. The molecule has 0 saturated heterocycles. The van der Waals surface area contributed by atoms with Crippen LogP contribution in [0.4, 0.5) is 0 Å². The zero-order valence-corrected chi connectivity index (χ0v) is 10.9. The number of amides is 1. The summed E-state index contributed by atoms with van der Waals surface area (Å²) in [7, 11) is 1.54. The molecule has 104 valence electrons. The van der Waals surface area contributed by atoms with Crippen molar-refractivity contribution in [3.63, 3.8) is 0 Å². The van der Waals surface area contributed by atoms with Gasteiger partial charge < -0.3 is 15.2 Å². The van der Waals surface area contributed by atoms with E-state index in [9.17, 15) is 4.79 Å². The molecular formula is C13H14N4O3. The van der Waals surface area contributed by atoms with Crippen molar-refractivity contribution in [1.29, 1.82) is 0 Å². The number of carbonyl (C=O) groups excluding carboxylic acids is 1. The molecule has 0 bridgehead atoms. The number of methoxy groups -OCH3 is 1. The number of aromatic nitrogens is 3. The highest BCUT2D eigenvalue weighted by molar-refractivity contribution is 5.96. The van der Waals surface area contributed by atoms with Gasteiger partial charge in [0.05, 0.1) is 7.11 Å². The van der Waals surface area contributed by atoms with E-state index in [2.05, 4.69) is 22.0 Å². The molecule has 20 heavy (non-hydrogen) atoms. The Morgan fingerprint density at radius 1 is 1.45 bits per heavy atom. The van der Waals surface area contributed by atoms with Crippen LogP contribution in [0.1, 0.15) is 10.5 Å². The molecule has 7 nitrogen and oxygen atoms in total. The number of nitrogens with two attached hydrogens (primary N) is 1. The Morgan fingerprint density at radius 3 is 2.90 bits per heavy atom. The monoisotopic (exact) mass is 274 g/mol. The number of ether oxygens (including phenoxy) is 2. The van der Waals surface area contributed by atoms with Crippen LogP contribution in [-0.2, 0) is 0 Å². The van der Waals surface area contributed by atoms with E-state index in [1.165, 1.54) is 0 Å². The number of aromatic amines is 1. The lowest BCUT2D eigenvalue weighted by molar-refractivity contribution is 0.0996. The van der Waals surface area contributed by atoms with Gasteiger partial charge in [-0.25, -0.2) is 0 Å². The van der Waals surface area contributed by atoms with E-state index >= 15 is 0 Å². The standard InChI is InChI=1S/C13H14N4O3/c1-3-6-20-10-7-8(4-5-9(10)19-2)11-12(13(14)18)16-17-15-11/h3-5,7H,1,6H2,2H3,(H2,14,18)(H,15,16,17). The van der Waals surface area contributed by atoms with E-state index in [0.29, 0.717) is 29.4 Å². The quantitative estimate of drug-likeness (QED) is 0.769. The molecule has 1 aromatic heterocycles. The van der Waals surface area contributed by atoms with Crippen LogP contribution in [0.2, 0.25) is 0 Å². The van der Waals surface area contributed by atoms with Gasteiger partial charge in [-0.15, -0.1) is 0 Å². The number of nitrogens with zero attached hydrogens (tertiary/aromatic N) is 2. The van der Waals surface area contributed by atoms with Gasteiger partial charge in [-0.05, 0) is 18.2 Å². The minimum Gasteiger partial charge on any atom is -0.493 e. The number of hydrogen-bond acceptors (Lipinski definition) is 5. The summed E-state index contributed by atoms with van der Waals surface area (Å²) in [6.45, 7) is 3.92. The molecule has 0 saturated carbocycles. The van der Waals surface area contributed by atoms with Crippen LogP contribution in [0.3, 0.4) is 0 Å². The van der Waals surface area contributed by atoms with Crippen molar-refractivity contribution in [3.05, 3.63) is 36.5 Å². The molecule has 2 rings (SSSR count). The van der Waals surface area contributed by atoms with Crippen molar-refractivity contribution in [1.82, 2.24) is 15.4 Å². The highest BCUT2D eigenvalue weighted by Gasteiger charge is 2.17. The molecule has 0 fully saturated rings. The zero-order valence-electron chi connectivity index (χ0n) is 10.9. The Hall–Kier alpha value is -2.83. The van der Waals surface area contributed by atoms with Crippen molar-refractivity contribution in [2.75, 3.05) is 13.7 Å². The Morgan fingerprint density at radius 2 is 2.25 bits per heavy atom. The van der Waals surface area contributed by atoms with Crippen LogP contribution in [0, 0.1) is 0 Å². The fraction of sp³-hybridized carbons (Fsp3) is 0.154. The van der Waals surface area contributed by atoms with Crippen LogP contribution < -0.4 is 15.2 Å². The Labute approximate surface area is 115 Å². The molecule has 0 spiro atoms. The first-order chi connectivity index (χ1) is 9.67. The van der Waals surface area contributed by atoms with Gasteiger partial charge in [0.2, 0.25) is 0 Å². The second kappa shape index (κ2) is 5.87. The SMILES string of the molecule is C=CCOc1cc(-c2n[nH]nc2C(N)=O)ccc1OC. The van der Waals surface area contributed by atoms with E-state index < -0.39 is 5.91 Å². The lowest BCUT2D eigenvalue weighted by atomic mass is 10.1. The first-order valence-electron chi connectivity index (χ1n) is 5.80. The van der Waals surface area contributed by atoms with E-state index in [4.69, 9.17) is 15.2 Å². The van der Waals surface area contributed by atoms with Crippen molar-refractivity contribution >= 4 is 5.91 Å². The first kappa shape index (κ1) is 13.6. The maximum Gasteiger partial charge on any atom is 0.271 e. The van der Waals surface area contributed by atoms with Crippen molar-refractivity contribution in [2.45, 2.75) is 0 Å². The molecule has 1 amide bonds. The van der Waals surface area contributed by atoms with Crippen LogP contribution in [0.5, 0.6) is 11.5 Å². The molecule has 0 aliphatic carbocycles. The minimum absolute atomic E-state index is 0.0739. The molecule has 2 aromatic rings. The predicted molar refractivity (Wildman–Crippen MR) is 72.6 cm³/mol. The molecule has 0 radical (unpaired) electrons. The minimum atomic E-state index is -0.655. The molecule has 0 atom stereocenters. The summed E-state index contributed by atoms with van der Waals surface area (Å²) in [5.74, 6) is 0.432. The van der Waals surface area contributed by atoms with Crippen molar-refractivity contribution in [3.8, 4) is 22.8 Å². The summed E-state index contributed by atoms with van der Waals surface area (Å²) in [4.78, 5) is 11.3. The van der Waals surface area contributed by atoms with Gasteiger partial charge in [0.15, 0.2) is 17.2 Å². The van der Waals surface area contributed by atoms with Crippen molar-refractivity contribution < 1.29 is 14.3 Å². The highest BCUT2D eigenvalue weighted by atomic mass is 16.5. The summed E-state index contributed by atoms with van der Waals surface area (Å²) in [5, 5.41) is 10.0. The summed E-state index contributed by atoms with van der Waals surface area (Å²) >= 11 is 0. The lowest BCUT2D eigenvalue weighted by Crippen LogP contribution is -2.12. The van der Waals surface area contributed by atoms with Gasteiger partial charge >= 0.3 is 0 Å². The lowest BCUT2D eigenvalue weighted by Gasteiger charge is -2.10. The third-order valence-electron chi connectivity index (χ3n) is 2.58. The van der Waals surface area contributed by atoms with Gasteiger partial charge in [0.25, 0.3) is 5.91 Å². The van der Waals surface area contributed by atoms with Crippen LogP contribution in [0.25, 0.3) is 11.3 Å². The molecule has 1 heterocycles. The largest absolute Gasteiger partial charge is 0.493 e. The summed E-state index contributed by atoms with van der Waals surface area (Å²) in [6.07, 6.45) is 1.62. The zero-order chi connectivity index (χ0) is 14.5. The average molecular weight is 274 g/mol. The summed E-state index contributed by atoms with van der Waals surface area (Å²) in [6, 6.07) is 5.16. The fourth-order valence-electron chi connectivity index (χ4n) is 1.69. The topological polar surface area (TPSA) is 103 Å². The molecule has 1 aromatic carbocycles. The van der Waals surface area contributed by atoms with E-state index in [1.807, 2.05) is 0 Å². The maximum atomic E-state index is 11.3. The van der Waals surface area contributed by atoms with Gasteiger partial charge in [-0.2, -0.15) is 15.4 Å². The van der Waals surface area contributed by atoms with E-state index in [0.717, 1.165) is 0 Å². The Kier molecular flexibility index (Phi) is 3.99. The molecule has 0 aliphatic rings. The molecule has 0 aliphatic heterocycles. The first-order valence-corrected chi connectivity index (χ1v) is 5.80. The Balaban J connectivity index is 2.44. The van der Waals surface area contributed by atoms with Crippen LogP contribution >= 0.6 is 0 Å². The van der Waals surface area contributed by atoms with Gasteiger partial charge in [-0.3, -0.25) is 4.79 Å². The van der Waals surface area contributed by atoms with Crippen LogP contribution in [-0.4, -0.2) is 35.0 Å². The number of nitrogens with one attached hydrogen (secondary N) is 1. The normalized spacial score (nSPS) is 10.1. The third-order valence-corrected chi connectivity index (χ3v) is 2.58. The highest BCUT2D eigenvalue weighted by Crippen LogP contribution is 2.32. The number of rotatable bonds is 6. The molecule has 7 heteroatoms. The molecule has 3 N–H and O–H groups in total.